The van der Waals surface area contributed by atoms with Crippen molar-refractivity contribution in [2.45, 2.75) is 26.3 Å². The topological polar surface area (TPSA) is 47.5 Å². The van der Waals surface area contributed by atoms with E-state index in [4.69, 9.17) is 0 Å². The number of fused-ring (bicyclic) bond motifs is 3. The summed E-state index contributed by atoms with van der Waals surface area (Å²) in [6.07, 6.45) is 4.49. The maximum atomic E-state index is 4.52. The predicted octanol–water partition coefficient (Wildman–Crippen LogP) is 1.09. The van der Waals surface area contributed by atoms with Crippen molar-refractivity contribution in [3.05, 3.63) is 36.4 Å². The van der Waals surface area contributed by atoms with Crippen LogP contribution in [0.1, 0.15) is 25.6 Å². The number of likely N-dealkylation sites (tertiary alicyclic amines) is 1. The molecule has 1 N–H and O–H groups in total. The standard InChI is InChI=1S/C16H19N5/c1-12-6-8-20(9-7-12)10-15-18-19-16-13-4-2-3-5-14(13)17-11-21(15)16/h2-5,11-12H,6-10H2,1H3/p+1. The maximum absolute atomic E-state index is 4.52. The molecular weight excluding hydrogens is 262 g/mol. The first-order chi connectivity index (χ1) is 10.3. The van der Waals surface area contributed by atoms with Crippen molar-refractivity contribution >= 4 is 16.6 Å². The lowest BCUT2D eigenvalue weighted by atomic mass is 9.99. The van der Waals surface area contributed by atoms with Crippen LogP contribution in [0.3, 0.4) is 0 Å². The molecular formula is C16H20N5+. The highest BCUT2D eigenvalue weighted by molar-refractivity contribution is 5.90. The van der Waals surface area contributed by atoms with Crippen molar-refractivity contribution < 1.29 is 4.90 Å². The van der Waals surface area contributed by atoms with Gasteiger partial charge in [0.25, 0.3) is 0 Å². The predicted molar refractivity (Wildman–Crippen MR) is 81.1 cm³/mol. The first-order valence-electron chi connectivity index (χ1n) is 7.72. The SMILES string of the molecule is CC1CC[NH+](Cc2nnc3c4ccccc4ncn23)CC1. The fourth-order valence-corrected chi connectivity index (χ4v) is 3.22. The Labute approximate surface area is 123 Å². The minimum atomic E-state index is 0.870. The summed E-state index contributed by atoms with van der Waals surface area (Å²) in [4.78, 5) is 6.13. The quantitative estimate of drug-likeness (QED) is 0.765. The van der Waals surface area contributed by atoms with Gasteiger partial charge in [0.15, 0.2) is 11.5 Å². The molecule has 1 aliphatic rings. The molecule has 0 aliphatic carbocycles. The zero-order valence-electron chi connectivity index (χ0n) is 12.3. The van der Waals surface area contributed by atoms with E-state index in [1.54, 1.807) is 4.90 Å². The van der Waals surface area contributed by atoms with Crippen LogP contribution in [0.15, 0.2) is 30.6 Å². The van der Waals surface area contributed by atoms with Crippen LogP contribution in [0.25, 0.3) is 16.6 Å². The number of nitrogens with zero attached hydrogens (tertiary/aromatic N) is 4. The Morgan fingerprint density at radius 2 is 2.00 bits per heavy atom. The third kappa shape index (κ3) is 2.27. The summed E-state index contributed by atoms with van der Waals surface area (Å²) in [5, 5.41) is 9.87. The molecule has 108 valence electrons. The van der Waals surface area contributed by atoms with Crippen molar-refractivity contribution in [2.24, 2.45) is 5.92 Å². The minimum absolute atomic E-state index is 0.870. The van der Waals surface area contributed by atoms with E-state index in [-0.39, 0.29) is 0 Å². The number of hydrogen-bond donors (Lipinski definition) is 1. The molecule has 0 atom stereocenters. The Kier molecular flexibility index (Phi) is 3.07. The Morgan fingerprint density at radius 3 is 2.86 bits per heavy atom. The molecule has 3 aromatic rings. The lowest BCUT2D eigenvalue weighted by Gasteiger charge is -2.26. The van der Waals surface area contributed by atoms with Gasteiger partial charge >= 0.3 is 0 Å². The molecule has 1 fully saturated rings. The van der Waals surface area contributed by atoms with Gasteiger partial charge in [0.2, 0.25) is 0 Å². The lowest BCUT2D eigenvalue weighted by molar-refractivity contribution is -0.920. The van der Waals surface area contributed by atoms with Crippen molar-refractivity contribution in [3.8, 4) is 0 Å². The van der Waals surface area contributed by atoms with Gasteiger partial charge in [0, 0.05) is 5.39 Å². The number of quaternary nitrogens is 1. The second-order valence-electron chi connectivity index (χ2n) is 6.18. The van der Waals surface area contributed by atoms with Crippen molar-refractivity contribution in [1.82, 2.24) is 19.6 Å². The molecule has 21 heavy (non-hydrogen) atoms. The average Bonchev–Trinajstić information content (AvgIpc) is 2.93. The molecule has 5 nitrogen and oxygen atoms in total. The van der Waals surface area contributed by atoms with E-state index in [1.165, 1.54) is 25.9 Å². The van der Waals surface area contributed by atoms with Gasteiger partial charge in [0.1, 0.15) is 12.9 Å². The first kappa shape index (κ1) is 12.7. The number of hydrogen-bond acceptors (Lipinski definition) is 3. The molecule has 4 rings (SSSR count). The van der Waals surface area contributed by atoms with Gasteiger partial charge in [-0.2, -0.15) is 0 Å². The van der Waals surface area contributed by atoms with Gasteiger partial charge in [-0.25, -0.2) is 4.98 Å². The zero-order valence-corrected chi connectivity index (χ0v) is 12.3. The van der Waals surface area contributed by atoms with Gasteiger partial charge < -0.3 is 4.90 Å². The number of piperidine rings is 1. The van der Waals surface area contributed by atoms with Crippen LogP contribution in [0.5, 0.6) is 0 Å². The molecule has 0 spiro atoms. The van der Waals surface area contributed by atoms with Crippen LogP contribution in [-0.4, -0.2) is 32.7 Å². The molecule has 1 saturated heterocycles. The largest absolute Gasteiger partial charge is 0.329 e. The van der Waals surface area contributed by atoms with E-state index in [1.807, 2.05) is 28.9 Å². The van der Waals surface area contributed by atoms with E-state index in [0.717, 1.165) is 34.8 Å². The van der Waals surface area contributed by atoms with Gasteiger partial charge in [-0.1, -0.05) is 19.1 Å². The summed E-state index contributed by atoms with van der Waals surface area (Å²) >= 11 is 0. The van der Waals surface area contributed by atoms with E-state index < -0.39 is 0 Å². The summed E-state index contributed by atoms with van der Waals surface area (Å²) in [6.45, 7) is 5.75. The number of aromatic nitrogens is 4. The molecule has 0 bridgehead atoms. The van der Waals surface area contributed by atoms with Crippen LogP contribution in [0, 0.1) is 5.92 Å². The molecule has 5 heteroatoms. The highest BCUT2D eigenvalue weighted by Gasteiger charge is 2.21. The third-order valence-electron chi connectivity index (χ3n) is 4.61. The summed E-state index contributed by atoms with van der Waals surface area (Å²) < 4.78 is 2.05. The normalized spacial score (nSPS) is 22.9. The second kappa shape index (κ2) is 5.07. The van der Waals surface area contributed by atoms with Crippen molar-refractivity contribution in [2.75, 3.05) is 13.1 Å². The first-order valence-corrected chi connectivity index (χ1v) is 7.72. The lowest BCUT2D eigenvalue weighted by Crippen LogP contribution is -3.11. The molecule has 3 heterocycles. The van der Waals surface area contributed by atoms with E-state index in [9.17, 15) is 0 Å². The molecule has 0 saturated carbocycles. The molecule has 0 unspecified atom stereocenters. The minimum Gasteiger partial charge on any atom is -0.329 e. The molecule has 1 aliphatic heterocycles. The highest BCUT2D eigenvalue weighted by atomic mass is 15.3. The number of para-hydroxylation sites is 1. The molecule has 2 aromatic heterocycles. The molecule has 0 amide bonds. The van der Waals surface area contributed by atoms with E-state index in [2.05, 4.69) is 28.2 Å². The van der Waals surface area contributed by atoms with Crippen molar-refractivity contribution in [1.29, 1.82) is 0 Å². The van der Waals surface area contributed by atoms with Crippen LogP contribution in [0.2, 0.25) is 0 Å². The van der Waals surface area contributed by atoms with Gasteiger partial charge in [-0.05, 0) is 30.9 Å². The Morgan fingerprint density at radius 1 is 1.19 bits per heavy atom. The summed E-state index contributed by atoms with van der Waals surface area (Å²) in [7, 11) is 0. The molecule has 0 radical (unpaired) electrons. The fourth-order valence-electron chi connectivity index (χ4n) is 3.22. The Hall–Kier alpha value is -2.01. The van der Waals surface area contributed by atoms with Gasteiger partial charge in [-0.15, -0.1) is 10.2 Å². The summed E-state index contributed by atoms with van der Waals surface area (Å²) in [6, 6.07) is 8.10. The summed E-state index contributed by atoms with van der Waals surface area (Å²) in [5.41, 5.74) is 1.89. The monoisotopic (exact) mass is 282 g/mol. The Bertz CT molecular complexity index is 771. The molecule has 1 aromatic carbocycles. The van der Waals surface area contributed by atoms with Crippen LogP contribution < -0.4 is 4.90 Å². The highest BCUT2D eigenvalue weighted by Crippen LogP contribution is 2.16. The third-order valence-corrected chi connectivity index (χ3v) is 4.61. The number of rotatable bonds is 2. The van der Waals surface area contributed by atoms with Gasteiger partial charge in [-0.3, -0.25) is 4.40 Å². The number of benzene rings is 1. The van der Waals surface area contributed by atoms with E-state index in [0.29, 0.717) is 0 Å². The smallest absolute Gasteiger partial charge is 0.193 e. The zero-order chi connectivity index (χ0) is 14.2. The Balaban J connectivity index is 1.68. The average molecular weight is 282 g/mol. The van der Waals surface area contributed by atoms with Crippen molar-refractivity contribution in [3.63, 3.8) is 0 Å². The van der Waals surface area contributed by atoms with E-state index >= 15 is 0 Å². The summed E-state index contributed by atoms with van der Waals surface area (Å²) in [5.74, 6) is 1.89. The van der Waals surface area contributed by atoms with Crippen LogP contribution >= 0.6 is 0 Å². The fraction of sp³-hybridized carbons (Fsp3) is 0.438. The van der Waals surface area contributed by atoms with Gasteiger partial charge in [0.05, 0.1) is 18.6 Å². The number of nitrogens with one attached hydrogen (secondary N) is 1. The maximum Gasteiger partial charge on any atom is 0.193 e. The van der Waals surface area contributed by atoms with Crippen LogP contribution in [-0.2, 0) is 6.54 Å². The second-order valence-corrected chi connectivity index (χ2v) is 6.18. The van der Waals surface area contributed by atoms with Crippen LogP contribution in [0.4, 0.5) is 0 Å².